The Morgan fingerprint density at radius 3 is 2.07 bits per heavy atom. The molecule has 7 heteroatoms. The number of rotatable bonds is 5. The van der Waals surface area contributed by atoms with Crippen LogP contribution in [0.15, 0.2) is 110 Å². The van der Waals surface area contributed by atoms with Crippen LogP contribution in [0.5, 0.6) is 0 Å². The molecule has 4 aromatic heterocycles. The monoisotopic (exact) mass is 572 g/mol. The summed E-state index contributed by atoms with van der Waals surface area (Å²) in [6.45, 7) is 6.23. The Hall–Kier alpha value is -5.53. The van der Waals surface area contributed by atoms with Crippen molar-refractivity contribution in [2.24, 2.45) is 0 Å². The first-order valence-electron chi connectivity index (χ1n) is 14.0. The van der Waals surface area contributed by atoms with Gasteiger partial charge in [0, 0.05) is 44.4 Å². The van der Waals surface area contributed by atoms with Crippen LogP contribution in [-0.2, 0) is 0 Å². The molecule has 0 radical (unpaired) electrons. The van der Waals surface area contributed by atoms with Gasteiger partial charge in [0.1, 0.15) is 6.33 Å². The van der Waals surface area contributed by atoms with Crippen LogP contribution in [0.2, 0.25) is 0 Å². The number of hydrogen-bond acceptors (Lipinski definition) is 6. The number of nitrogens with zero attached hydrogens (tertiary/aromatic N) is 6. The van der Waals surface area contributed by atoms with Gasteiger partial charge in [0.05, 0.1) is 26.1 Å². The number of hydrogen-bond donors (Lipinski definition) is 0. The highest BCUT2D eigenvalue weighted by Gasteiger charge is 2.23. The van der Waals surface area contributed by atoms with Crippen molar-refractivity contribution in [1.29, 1.82) is 0 Å². The summed E-state index contributed by atoms with van der Waals surface area (Å²) in [6.07, 6.45) is 9.55. The Kier molecular flexibility index (Phi) is 5.91. The molecule has 0 unspecified atom stereocenters. The summed E-state index contributed by atoms with van der Waals surface area (Å²) in [5.74, 6) is 1.78. The van der Waals surface area contributed by atoms with Gasteiger partial charge in [0.25, 0.3) is 0 Å². The number of fused-ring (bicyclic) bond motifs is 7. The average Bonchev–Trinajstić information content (AvgIpc) is 3.61. The minimum Gasteiger partial charge on any atom is -0.276 e. The quantitative estimate of drug-likeness (QED) is 0.206. The Morgan fingerprint density at radius 2 is 1.40 bits per heavy atom. The van der Waals surface area contributed by atoms with Crippen molar-refractivity contribution in [3.63, 3.8) is 0 Å². The molecule has 6 nitrogen and oxygen atoms in total. The summed E-state index contributed by atoms with van der Waals surface area (Å²) in [7, 11) is 0. The van der Waals surface area contributed by atoms with Crippen LogP contribution in [0.3, 0.4) is 0 Å². The molecule has 43 heavy (non-hydrogen) atoms. The van der Waals surface area contributed by atoms with E-state index in [9.17, 15) is 0 Å². The van der Waals surface area contributed by atoms with Crippen molar-refractivity contribution in [3.05, 3.63) is 121 Å². The van der Waals surface area contributed by atoms with E-state index in [4.69, 9.17) is 15.0 Å². The second kappa shape index (κ2) is 10.1. The van der Waals surface area contributed by atoms with E-state index in [2.05, 4.69) is 51.5 Å². The molecule has 0 spiro atoms. The van der Waals surface area contributed by atoms with Crippen LogP contribution < -0.4 is 0 Å². The van der Waals surface area contributed by atoms with Crippen LogP contribution in [0.25, 0.3) is 82.9 Å². The Labute approximate surface area is 251 Å². The van der Waals surface area contributed by atoms with E-state index >= 15 is 0 Å². The fourth-order valence-electron chi connectivity index (χ4n) is 5.79. The van der Waals surface area contributed by atoms with Crippen molar-refractivity contribution in [3.8, 4) is 28.7 Å². The van der Waals surface area contributed by atoms with Gasteiger partial charge < -0.3 is 0 Å². The second-order valence-corrected chi connectivity index (χ2v) is 11.2. The van der Waals surface area contributed by atoms with E-state index < -0.39 is 0 Å². The summed E-state index contributed by atoms with van der Waals surface area (Å²) < 4.78 is 4.44. The first kappa shape index (κ1) is 25.2. The maximum atomic E-state index is 5.11. The molecule has 0 amide bonds. The van der Waals surface area contributed by atoms with Crippen molar-refractivity contribution in [2.75, 3.05) is 0 Å². The number of allylic oxidation sites excluding steroid dienone is 1. The third-order valence-electron chi connectivity index (χ3n) is 7.70. The van der Waals surface area contributed by atoms with E-state index in [1.807, 2.05) is 85.9 Å². The predicted molar refractivity (Wildman–Crippen MR) is 178 cm³/mol. The van der Waals surface area contributed by atoms with Gasteiger partial charge in [-0.3, -0.25) is 4.57 Å². The molecule has 0 fully saturated rings. The Bertz CT molecular complexity index is 2310. The maximum absolute atomic E-state index is 5.11. The first-order valence-corrected chi connectivity index (χ1v) is 14.8. The third kappa shape index (κ3) is 3.97. The SMILES string of the molecule is C=Cc1c(/C=C\C)n(-c2nc(-c3ccccc3)nc(-c3ccccc3)n2)c2c1ccc1c3ccc4cncnc4c3sc12. The molecule has 0 saturated heterocycles. The van der Waals surface area contributed by atoms with E-state index in [-0.39, 0.29) is 0 Å². The third-order valence-corrected chi connectivity index (χ3v) is 8.94. The maximum Gasteiger partial charge on any atom is 0.238 e. The van der Waals surface area contributed by atoms with Gasteiger partial charge in [0.15, 0.2) is 11.6 Å². The highest BCUT2D eigenvalue weighted by molar-refractivity contribution is 7.27. The number of benzene rings is 4. The zero-order valence-corrected chi connectivity index (χ0v) is 24.1. The van der Waals surface area contributed by atoms with Crippen molar-refractivity contribution >= 4 is 65.5 Å². The Morgan fingerprint density at radius 1 is 0.744 bits per heavy atom. The summed E-state index contributed by atoms with van der Waals surface area (Å²) in [4.78, 5) is 24.0. The zero-order valence-electron chi connectivity index (χ0n) is 23.3. The van der Waals surface area contributed by atoms with Crippen LogP contribution >= 0.6 is 11.3 Å². The van der Waals surface area contributed by atoms with Gasteiger partial charge in [-0.2, -0.15) is 9.97 Å². The topological polar surface area (TPSA) is 69.4 Å². The lowest BCUT2D eigenvalue weighted by Crippen LogP contribution is -2.08. The normalized spacial score (nSPS) is 11.8. The lowest BCUT2D eigenvalue weighted by molar-refractivity contribution is 0.928. The van der Waals surface area contributed by atoms with Crippen molar-refractivity contribution in [2.45, 2.75) is 6.92 Å². The molecule has 0 aliphatic carbocycles. The molecule has 4 aromatic carbocycles. The lowest BCUT2D eigenvalue weighted by atomic mass is 10.1. The molecule has 204 valence electrons. The van der Waals surface area contributed by atoms with Gasteiger partial charge >= 0.3 is 0 Å². The number of thiophene rings is 1. The van der Waals surface area contributed by atoms with Gasteiger partial charge in [-0.25, -0.2) is 15.0 Å². The van der Waals surface area contributed by atoms with E-state index in [0.29, 0.717) is 17.6 Å². The molecule has 8 rings (SSSR count). The minimum absolute atomic E-state index is 0.552. The smallest absolute Gasteiger partial charge is 0.238 e. The molecule has 0 bridgehead atoms. The van der Waals surface area contributed by atoms with E-state index in [1.54, 1.807) is 17.7 Å². The van der Waals surface area contributed by atoms with E-state index in [1.165, 1.54) is 5.39 Å². The van der Waals surface area contributed by atoms with Crippen LogP contribution in [-0.4, -0.2) is 29.5 Å². The molecule has 0 atom stereocenters. The second-order valence-electron chi connectivity index (χ2n) is 10.2. The van der Waals surface area contributed by atoms with Crippen LogP contribution in [0.1, 0.15) is 18.2 Å². The van der Waals surface area contributed by atoms with Gasteiger partial charge in [-0.05, 0) is 13.0 Å². The molecular formula is C36H24N6S. The molecule has 4 heterocycles. The number of aromatic nitrogens is 6. The van der Waals surface area contributed by atoms with E-state index in [0.717, 1.165) is 59.0 Å². The van der Waals surface area contributed by atoms with Crippen LogP contribution in [0.4, 0.5) is 0 Å². The Balaban J connectivity index is 1.53. The van der Waals surface area contributed by atoms with Crippen LogP contribution in [0, 0.1) is 0 Å². The summed E-state index contributed by atoms with van der Waals surface area (Å²) in [5.41, 5.74) is 5.84. The van der Waals surface area contributed by atoms with Gasteiger partial charge in [-0.1, -0.05) is 104 Å². The summed E-state index contributed by atoms with van der Waals surface area (Å²) >= 11 is 1.74. The molecule has 0 N–H and O–H groups in total. The fourth-order valence-corrected chi connectivity index (χ4v) is 7.14. The minimum atomic E-state index is 0.552. The molecular weight excluding hydrogens is 549 g/mol. The highest BCUT2D eigenvalue weighted by Crippen LogP contribution is 2.44. The summed E-state index contributed by atoms with van der Waals surface area (Å²) in [5, 5.41) is 4.44. The first-order chi connectivity index (χ1) is 21.2. The standard InChI is InChI=1S/C36H24N6S/c1-3-11-29-25(4-2)26-18-19-28-27-17-16-24-20-37-21-38-30(24)32(27)43-33(28)31(26)42(29)36-40-34(22-12-7-5-8-13-22)39-35(41-36)23-14-9-6-10-15-23/h3-21H,2H2,1H3/b11-3-. The van der Waals surface area contributed by atoms with Gasteiger partial charge in [0.2, 0.25) is 5.95 Å². The molecule has 0 saturated carbocycles. The van der Waals surface area contributed by atoms with Crippen molar-refractivity contribution in [1.82, 2.24) is 29.5 Å². The van der Waals surface area contributed by atoms with Gasteiger partial charge in [-0.15, -0.1) is 11.3 Å². The largest absolute Gasteiger partial charge is 0.276 e. The summed E-state index contributed by atoms with van der Waals surface area (Å²) in [6, 6.07) is 28.8. The predicted octanol–water partition coefficient (Wildman–Crippen LogP) is 9.14. The molecule has 8 aromatic rings. The lowest BCUT2D eigenvalue weighted by Gasteiger charge is -2.12. The zero-order chi connectivity index (χ0) is 28.9. The molecule has 0 aliphatic rings. The highest BCUT2D eigenvalue weighted by atomic mass is 32.1. The van der Waals surface area contributed by atoms with Crippen molar-refractivity contribution < 1.29 is 0 Å². The average molecular weight is 573 g/mol. The molecule has 0 aliphatic heterocycles. The fraction of sp³-hybridized carbons (Fsp3) is 0.0278.